The maximum atomic E-state index is 13.1. The fourth-order valence-electron chi connectivity index (χ4n) is 3.30. The van der Waals surface area contributed by atoms with E-state index in [1.54, 1.807) is 23.4 Å². The number of carbonyl (C=O) groups is 1. The van der Waals surface area contributed by atoms with Crippen molar-refractivity contribution in [3.63, 3.8) is 0 Å². The van der Waals surface area contributed by atoms with Crippen LogP contribution < -0.4 is 10.6 Å². The van der Waals surface area contributed by atoms with Crippen molar-refractivity contribution in [3.8, 4) is 5.69 Å². The minimum atomic E-state index is -0.641. The van der Waals surface area contributed by atoms with E-state index in [9.17, 15) is 4.79 Å². The molecule has 0 unspecified atom stereocenters. The molecule has 1 aliphatic heterocycles. The van der Waals surface area contributed by atoms with E-state index in [-0.39, 0.29) is 30.7 Å². The van der Waals surface area contributed by atoms with Crippen LogP contribution in [0.15, 0.2) is 61.4 Å². The number of amides is 1. The summed E-state index contributed by atoms with van der Waals surface area (Å²) in [5, 5.41) is 10.7. The van der Waals surface area contributed by atoms with Crippen LogP contribution in [0.3, 0.4) is 0 Å². The van der Waals surface area contributed by atoms with Gasteiger partial charge in [0.15, 0.2) is 0 Å². The number of hydrogen-bond donors (Lipinski definition) is 2. The first kappa shape index (κ1) is 21.0. The maximum absolute atomic E-state index is 13.1. The molecular weight excluding hydrogens is 387 g/mol. The van der Waals surface area contributed by atoms with Crippen molar-refractivity contribution in [1.82, 2.24) is 24.6 Å². The quantitative estimate of drug-likeness (QED) is 0.695. The third-order valence-electron chi connectivity index (χ3n) is 4.72. The monoisotopic (exact) mass is 408 g/mol. The fraction of sp³-hybridized carbons (Fsp3) is 0.278. The number of rotatable bonds is 4. The molecule has 0 atom stereocenters. The molecule has 0 aliphatic carbocycles. The van der Waals surface area contributed by atoms with E-state index < -0.39 is 5.54 Å². The Morgan fingerprint density at radius 3 is 2.41 bits per heavy atom. The van der Waals surface area contributed by atoms with Gasteiger partial charge in [0.2, 0.25) is 0 Å². The van der Waals surface area contributed by atoms with Crippen LogP contribution in [0.2, 0.25) is 0 Å². The normalized spacial score (nSPS) is 15.3. The van der Waals surface area contributed by atoms with Crippen molar-refractivity contribution in [1.29, 1.82) is 0 Å². The Hall–Kier alpha value is -2.35. The van der Waals surface area contributed by atoms with Gasteiger partial charge in [0.25, 0.3) is 5.91 Å². The summed E-state index contributed by atoms with van der Waals surface area (Å²) in [6.45, 7) is 1.60. The van der Waals surface area contributed by atoms with Gasteiger partial charge in [0.05, 0.1) is 6.33 Å². The number of benzene rings is 1. The number of piperidine rings is 1. The lowest BCUT2D eigenvalue weighted by atomic mass is 9.87. The van der Waals surface area contributed by atoms with E-state index in [1.165, 1.54) is 0 Å². The van der Waals surface area contributed by atoms with Crippen molar-refractivity contribution >= 4 is 36.4 Å². The average molecular weight is 409 g/mol. The largest absolute Gasteiger partial charge is 0.324 e. The molecule has 9 heteroatoms. The SMILES string of the molecule is Cl.Cl.O=C(Nc1ccc(-n2ccnc2)cc1)C1(n2cccn2)CCNCC1. The Labute approximate surface area is 170 Å². The zero-order chi connectivity index (χ0) is 17.1. The first-order valence-corrected chi connectivity index (χ1v) is 8.39. The fourth-order valence-corrected chi connectivity index (χ4v) is 3.30. The highest BCUT2D eigenvalue weighted by atomic mass is 35.5. The number of imidazole rings is 1. The van der Waals surface area contributed by atoms with Gasteiger partial charge in [-0.25, -0.2) is 4.98 Å². The predicted molar refractivity (Wildman–Crippen MR) is 109 cm³/mol. The standard InChI is InChI=1S/C18H20N6O.2ClH/c25-17(18(6-9-19-10-7-18)24-12-1-8-21-24)22-15-2-4-16(5-3-15)23-13-11-20-14-23;;/h1-5,8,11-14,19H,6-7,9-10H2,(H,22,25);2*1H. The third-order valence-corrected chi connectivity index (χ3v) is 4.72. The van der Waals surface area contributed by atoms with Crippen LogP contribution in [-0.2, 0) is 10.3 Å². The van der Waals surface area contributed by atoms with E-state index in [1.807, 2.05) is 47.3 Å². The summed E-state index contributed by atoms with van der Waals surface area (Å²) >= 11 is 0. The van der Waals surface area contributed by atoms with Crippen molar-refractivity contribution in [2.75, 3.05) is 18.4 Å². The number of anilines is 1. The number of hydrogen-bond acceptors (Lipinski definition) is 4. The molecule has 2 aromatic heterocycles. The summed E-state index contributed by atoms with van der Waals surface area (Å²) in [5.74, 6) is -0.0203. The molecule has 0 radical (unpaired) electrons. The summed E-state index contributed by atoms with van der Waals surface area (Å²) in [7, 11) is 0. The Morgan fingerprint density at radius 2 is 1.81 bits per heavy atom. The number of aromatic nitrogens is 4. The second kappa shape index (κ2) is 9.03. The summed E-state index contributed by atoms with van der Waals surface area (Å²) in [6.07, 6.45) is 10.4. The van der Waals surface area contributed by atoms with Crippen molar-refractivity contribution in [2.45, 2.75) is 18.4 Å². The van der Waals surface area contributed by atoms with Gasteiger partial charge in [-0.1, -0.05) is 0 Å². The molecule has 3 heterocycles. The molecule has 1 saturated heterocycles. The molecule has 0 spiro atoms. The lowest BCUT2D eigenvalue weighted by molar-refractivity contribution is -0.126. The number of nitrogens with zero attached hydrogens (tertiary/aromatic N) is 4. The lowest BCUT2D eigenvalue weighted by Gasteiger charge is -2.36. The van der Waals surface area contributed by atoms with Crippen molar-refractivity contribution in [3.05, 3.63) is 61.4 Å². The van der Waals surface area contributed by atoms with Crippen LogP contribution in [0.25, 0.3) is 5.69 Å². The molecule has 0 bridgehead atoms. The van der Waals surface area contributed by atoms with Gasteiger partial charge >= 0.3 is 0 Å². The van der Waals surface area contributed by atoms with Crippen LogP contribution in [0.1, 0.15) is 12.8 Å². The zero-order valence-electron chi connectivity index (χ0n) is 14.6. The smallest absolute Gasteiger partial charge is 0.252 e. The first-order valence-electron chi connectivity index (χ1n) is 8.39. The highest BCUT2D eigenvalue weighted by Gasteiger charge is 2.41. The molecule has 1 aliphatic rings. The molecule has 1 aromatic carbocycles. The Kier molecular flexibility index (Phi) is 7.01. The molecule has 144 valence electrons. The number of carbonyl (C=O) groups excluding carboxylic acids is 1. The summed E-state index contributed by atoms with van der Waals surface area (Å²) in [6, 6.07) is 9.59. The molecule has 3 aromatic rings. The molecular formula is C18H22Cl2N6O. The van der Waals surface area contributed by atoms with Crippen LogP contribution in [0.5, 0.6) is 0 Å². The Morgan fingerprint density at radius 1 is 1.07 bits per heavy atom. The highest BCUT2D eigenvalue weighted by molar-refractivity contribution is 5.96. The molecule has 27 heavy (non-hydrogen) atoms. The minimum absolute atomic E-state index is 0. The van der Waals surface area contributed by atoms with Crippen molar-refractivity contribution in [2.24, 2.45) is 0 Å². The Balaban J connectivity index is 0.00000131. The zero-order valence-corrected chi connectivity index (χ0v) is 16.2. The van der Waals surface area contributed by atoms with Crippen molar-refractivity contribution < 1.29 is 4.79 Å². The molecule has 0 saturated carbocycles. The molecule has 1 amide bonds. The summed E-state index contributed by atoms with van der Waals surface area (Å²) < 4.78 is 3.71. The Bertz CT molecular complexity index is 827. The summed E-state index contributed by atoms with van der Waals surface area (Å²) in [4.78, 5) is 17.1. The van der Waals surface area contributed by atoms with Gasteiger partial charge in [0, 0.05) is 36.2 Å². The van der Waals surface area contributed by atoms with Crippen LogP contribution in [-0.4, -0.2) is 38.3 Å². The van der Waals surface area contributed by atoms with E-state index in [0.717, 1.165) is 24.5 Å². The summed E-state index contributed by atoms with van der Waals surface area (Å²) in [5.41, 5.74) is 1.13. The van der Waals surface area contributed by atoms with Gasteiger partial charge < -0.3 is 15.2 Å². The van der Waals surface area contributed by atoms with E-state index in [2.05, 4.69) is 20.7 Å². The topological polar surface area (TPSA) is 76.8 Å². The van der Waals surface area contributed by atoms with Gasteiger partial charge in [0.1, 0.15) is 5.54 Å². The van der Waals surface area contributed by atoms with Gasteiger partial charge in [-0.3, -0.25) is 9.48 Å². The second-order valence-electron chi connectivity index (χ2n) is 6.20. The molecule has 4 rings (SSSR count). The molecule has 7 nitrogen and oxygen atoms in total. The van der Waals surface area contributed by atoms with E-state index >= 15 is 0 Å². The molecule has 2 N–H and O–H groups in total. The number of halogens is 2. The van der Waals surface area contributed by atoms with Crippen LogP contribution >= 0.6 is 24.8 Å². The van der Waals surface area contributed by atoms with Crippen LogP contribution in [0, 0.1) is 0 Å². The predicted octanol–water partition coefficient (Wildman–Crippen LogP) is 2.63. The van der Waals surface area contributed by atoms with Gasteiger partial charge in [-0.15, -0.1) is 24.8 Å². The third kappa shape index (κ3) is 4.16. The van der Waals surface area contributed by atoms with Crippen LogP contribution in [0.4, 0.5) is 5.69 Å². The lowest BCUT2D eigenvalue weighted by Crippen LogP contribution is -2.52. The first-order chi connectivity index (χ1) is 12.3. The maximum Gasteiger partial charge on any atom is 0.252 e. The molecule has 1 fully saturated rings. The number of nitrogens with one attached hydrogen (secondary N) is 2. The van der Waals surface area contributed by atoms with E-state index in [4.69, 9.17) is 0 Å². The average Bonchev–Trinajstić information content (AvgIpc) is 3.37. The van der Waals surface area contributed by atoms with Gasteiger partial charge in [-0.2, -0.15) is 5.10 Å². The van der Waals surface area contributed by atoms with E-state index in [0.29, 0.717) is 12.8 Å². The second-order valence-corrected chi connectivity index (χ2v) is 6.20. The van der Waals surface area contributed by atoms with Gasteiger partial charge in [-0.05, 0) is 56.3 Å². The highest BCUT2D eigenvalue weighted by Crippen LogP contribution is 2.28. The minimum Gasteiger partial charge on any atom is -0.324 e.